The third-order valence-electron chi connectivity index (χ3n) is 11.6. The van der Waals surface area contributed by atoms with E-state index >= 15 is 0 Å². The molecular formula is C53H34N4O. The Morgan fingerprint density at radius 2 is 1.19 bits per heavy atom. The molecule has 3 heterocycles. The second-order valence-corrected chi connectivity index (χ2v) is 15.0. The normalized spacial score (nSPS) is 14.4. The maximum absolute atomic E-state index is 6.72. The lowest BCUT2D eigenvalue weighted by molar-refractivity contribution is 0.667. The van der Waals surface area contributed by atoms with E-state index in [4.69, 9.17) is 14.4 Å². The molecule has 0 bridgehead atoms. The van der Waals surface area contributed by atoms with Crippen LogP contribution in [0.4, 0.5) is 0 Å². The van der Waals surface area contributed by atoms with Crippen LogP contribution < -0.4 is 5.32 Å². The summed E-state index contributed by atoms with van der Waals surface area (Å²) in [5.74, 6) is 1.44. The van der Waals surface area contributed by atoms with Crippen LogP contribution in [0, 0.1) is 0 Å². The maximum Gasteiger partial charge on any atom is 0.159 e. The van der Waals surface area contributed by atoms with Gasteiger partial charge in [-0.3, -0.25) is 0 Å². The van der Waals surface area contributed by atoms with Crippen molar-refractivity contribution in [1.82, 2.24) is 9.88 Å². The first-order valence-corrected chi connectivity index (χ1v) is 19.7. The van der Waals surface area contributed by atoms with Crippen LogP contribution in [-0.4, -0.2) is 16.2 Å². The van der Waals surface area contributed by atoms with Crippen LogP contribution in [0.15, 0.2) is 209 Å². The number of amidine groups is 2. The number of furan rings is 1. The predicted molar refractivity (Wildman–Crippen MR) is 240 cm³/mol. The van der Waals surface area contributed by atoms with Crippen LogP contribution in [0.2, 0.25) is 0 Å². The van der Waals surface area contributed by atoms with Crippen LogP contribution in [0.3, 0.4) is 0 Å². The molecule has 1 aliphatic heterocycles. The van der Waals surface area contributed by atoms with E-state index in [2.05, 4.69) is 198 Å². The Morgan fingerprint density at radius 1 is 0.466 bits per heavy atom. The third kappa shape index (κ3) is 5.25. The Labute approximate surface area is 333 Å². The van der Waals surface area contributed by atoms with Gasteiger partial charge >= 0.3 is 0 Å². The largest absolute Gasteiger partial charge is 0.456 e. The zero-order valence-electron chi connectivity index (χ0n) is 31.3. The van der Waals surface area contributed by atoms with Crippen molar-refractivity contribution in [3.05, 3.63) is 211 Å². The lowest BCUT2D eigenvalue weighted by Gasteiger charge is -2.24. The minimum absolute atomic E-state index is 0.351. The van der Waals surface area contributed by atoms with E-state index in [1.165, 1.54) is 38.1 Å². The average Bonchev–Trinajstić information content (AvgIpc) is 3.84. The molecule has 5 heteroatoms. The third-order valence-corrected chi connectivity index (χ3v) is 11.6. The van der Waals surface area contributed by atoms with Crippen LogP contribution >= 0.6 is 0 Å². The summed E-state index contributed by atoms with van der Waals surface area (Å²) in [5, 5.41) is 12.9. The van der Waals surface area contributed by atoms with E-state index < -0.39 is 0 Å². The Balaban J connectivity index is 1.00. The molecule has 1 N–H and O–H groups in total. The molecule has 0 saturated heterocycles. The number of hydrogen-bond acceptors (Lipinski definition) is 4. The van der Waals surface area contributed by atoms with Gasteiger partial charge in [-0.25, -0.2) is 9.98 Å². The number of aromatic nitrogens is 1. The number of benzene rings is 9. The highest BCUT2D eigenvalue weighted by Gasteiger charge is 2.25. The van der Waals surface area contributed by atoms with Crippen LogP contribution in [0.1, 0.15) is 22.9 Å². The van der Waals surface area contributed by atoms with Crippen molar-refractivity contribution in [3.63, 3.8) is 0 Å². The molecule has 1 aliphatic rings. The summed E-state index contributed by atoms with van der Waals surface area (Å²) < 4.78 is 9.06. The topological polar surface area (TPSA) is 54.8 Å². The summed E-state index contributed by atoms with van der Waals surface area (Å²) in [6, 6.07) is 68.7. The molecule has 0 spiro atoms. The number of aliphatic imine (C=N–C) groups is 2. The maximum atomic E-state index is 6.72. The van der Waals surface area contributed by atoms with E-state index in [1.807, 2.05) is 6.07 Å². The summed E-state index contributed by atoms with van der Waals surface area (Å²) >= 11 is 0. The molecule has 1 unspecified atom stereocenters. The molecule has 2 aromatic heterocycles. The Hall–Kier alpha value is -7.76. The average molecular weight is 743 g/mol. The molecule has 0 fully saturated rings. The first-order valence-electron chi connectivity index (χ1n) is 19.7. The molecule has 11 aromatic rings. The van der Waals surface area contributed by atoms with Crippen molar-refractivity contribution >= 4 is 77.0 Å². The van der Waals surface area contributed by atoms with E-state index in [0.717, 1.165) is 66.6 Å². The van der Waals surface area contributed by atoms with Gasteiger partial charge in [-0.1, -0.05) is 140 Å². The van der Waals surface area contributed by atoms with Gasteiger partial charge in [-0.15, -0.1) is 0 Å². The van der Waals surface area contributed by atoms with E-state index in [9.17, 15) is 0 Å². The highest BCUT2D eigenvalue weighted by molar-refractivity contribution is 6.22. The van der Waals surface area contributed by atoms with Gasteiger partial charge < -0.3 is 14.3 Å². The van der Waals surface area contributed by atoms with Gasteiger partial charge in [0.1, 0.15) is 23.2 Å². The molecule has 58 heavy (non-hydrogen) atoms. The Kier molecular flexibility index (Phi) is 7.23. The zero-order valence-corrected chi connectivity index (χ0v) is 31.3. The molecule has 272 valence electrons. The molecule has 5 nitrogen and oxygen atoms in total. The summed E-state index contributed by atoms with van der Waals surface area (Å²) in [7, 11) is 0. The fourth-order valence-electron chi connectivity index (χ4n) is 8.80. The SMILES string of the molecule is c1ccc(-c2ccc3c(c2)c2ccccc2n3-c2ccc3c(c2)oc2cccc(C4=NC(c5ccc6ccccc6c5)=NC(c5ccc6ccccc6c5)N4)c23)cc1. The van der Waals surface area contributed by atoms with Crippen LogP contribution in [-0.2, 0) is 0 Å². The summed E-state index contributed by atoms with van der Waals surface area (Å²) in [4.78, 5) is 10.5. The first-order chi connectivity index (χ1) is 28.7. The van der Waals surface area contributed by atoms with Crippen molar-refractivity contribution < 1.29 is 4.42 Å². The fraction of sp³-hybridized carbons (Fsp3) is 0.0189. The lowest BCUT2D eigenvalue weighted by atomic mass is 10.0. The van der Waals surface area contributed by atoms with Gasteiger partial charge in [0.15, 0.2) is 5.84 Å². The van der Waals surface area contributed by atoms with Crippen LogP contribution in [0.25, 0.3) is 82.1 Å². The minimum Gasteiger partial charge on any atom is -0.456 e. The number of nitrogens with one attached hydrogen (secondary N) is 1. The number of fused-ring (bicyclic) bond motifs is 8. The molecule has 0 radical (unpaired) electrons. The quantitative estimate of drug-likeness (QED) is 0.191. The molecule has 0 aliphatic carbocycles. The summed E-state index contributed by atoms with van der Waals surface area (Å²) in [6.07, 6.45) is -0.351. The van der Waals surface area contributed by atoms with Crippen LogP contribution in [0.5, 0.6) is 0 Å². The van der Waals surface area contributed by atoms with Gasteiger partial charge in [0.05, 0.1) is 11.0 Å². The predicted octanol–water partition coefficient (Wildman–Crippen LogP) is 13.2. The highest BCUT2D eigenvalue weighted by Crippen LogP contribution is 2.38. The molecule has 9 aromatic carbocycles. The number of rotatable bonds is 5. The summed E-state index contributed by atoms with van der Waals surface area (Å²) in [6.45, 7) is 0. The Morgan fingerprint density at radius 3 is 2.05 bits per heavy atom. The highest BCUT2D eigenvalue weighted by atomic mass is 16.3. The summed E-state index contributed by atoms with van der Waals surface area (Å²) in [5.41, 5.74) is 10.4. The smallest absolute Gasteiger partial charge is 0.159 e. The number of para-hydroxylation sites is 1. The second kappa shape index (κ2) is 12.9. The molecule has 0 saturated carbocycles. The molecule has 0 amide bonds. The van der Waals surface area contributed by atoms with Crippen molar-refractivity contribution in [1.29, 1.82) is 0 Å². The lowest BCUT2D eigenvalue weighted by Crippen LogP contribution is -2.33. The second-order valence-electron chi connectivity index (χ2n) is 15.0. The fourth-order valence-corrected chi connectivity index (χ4v) is 8.80. The van der Waals surface area contributed by atoms with E-state index in [-0.39, 0.29) is 6.17 Å². The first kappa shape index (κ1) is 32.5. The Bertz CT molecular complexity index is 3500. The van der Waals surface area contributed by atoms with Crippen molar-refractivity contribution in [2.45, 2.75) is 6.17 Å². The minimum atomic E-state index is -0.351. The molecule has 1 atom stereocenters. The monoisotopic (exact) mass is 742 g/mol. The van der Waals surface area contributed by atoms with E-state index in [0.29, 0.717) is 5.84 Å². The van der Waals surface area contributed by atoms with Crippen molar-refractivity contribution in [3.8, 4) is 16.8 Å². The van der Waals surface area contributed by atoms with Gasteiger partial charge in [0, 0.05) is 44.4 Å². The number of hydrogen-bond donors (Lipinski definition) is 1. The molecule has 12 rings (SSSR count). The van der Waals surface area contributed by atoms with Crippen molar-refractivity contribution in [2.24, 2.45) is 9.98 Å². The van der Waals surface area contributed by atoms with Gasteiger partial charge in [0.25, 0.3) is 0 Å². The van der Waals surface area contributed by atoms with Crippen molar-refractivity contribution in [2.75, 3.05) is 0 Å². The number of nitrogens with zero attached hydrogens (tertiary/aromatic N) is 3. The van der Waals surface area contributed by atoms with Gasteiger partial charge in [0.2, 0.25) is 0 Å². The van der Waals surface area contributed by atoms with Gasteiger partial charge in [-0.05, 0) is 86.8 Å². The molecular weight excluding hydrogens is 709 g/mol. The standard InChI is InChI=1S/C53H34N4O/c1-2-11-33(12-3-1)38-25-28-47-45(31-38)42-17-8-9-19-46(42)57(47)41-26-27-43-49(32-41)58-48-20-10-18-44(50(43)48)53-55-51(39-23-21-34-13-4-6-15-36(34)29-39)54-52(56-53)40-24-22-35-14-5-7-16-37(35)30-40/h1-32,51H,(H,54,55,56). The zero-order chi connectivity index (χ0) is 38.2. The van der Waals surface area contributed by atoms with Gasteiger partial charge in [-0.2, -0.15) is 0 Å². The van der Waals surface area contributed by atoms with E-state index in [1.54, 1.807) is 0 Å².